The van der Waals surface area contributed by atoms with Gasteiger partial charge in [-0.2, -0.15) is 0 Å². The molecular weight excluding hydrogens is 300 g/mol. The van der Waals surface area contributed by atoms with Crippen LogP contribution in [-0.4, -0.2) is 55.5 Å². The maximum absolute atomic E-state index is 12.5. The van der Waals surface area contributed by atoms with Gasteiger partial charge in [-0.25, -0.2) is 0 Å². The molecule has 2 atom stereocenters. The van der Waals surface area contributed by atoms with Gasteiger partial charge in [0.1, 0.15) is 5.75 Å². The highest BCUT2D eigenvalue weighted by Crippen LogP contribution is 2.21. The maximum Gasteiger partial charge on any atom is 0.236 e. The first-order valence-corrected chi connectivity index (χ1v) is 9.10. The van der Waals surface area contributed by atoms with Crippen LogP contribution in [0.1, 0.15) is 32.3 Å². The number of ether oxygens (including phenoxy) is 1. The Bertz CT molecular complexity index is 522. The lowest BCUT2D eigenvalue weighted by atomic mass is 9.92. The molecule has 4 heteroatoms. The second-order valence-electron chi connectivity index (χ2n) is 7.45. The molecule has 4 nitrogen and oxygen atoms in total. The average Bonchev–Trinajstić information content (AvgIpc) is 2.52. The number of aryl methyl sites for hydroxylation is 1. The van der Waals surface area contributed by atoms with E-state index in [1.54, 1.807) is 0 Å². The van der Waals surface area contributed by atoms with E-state index in [9.17, 15) is 4.79 Å². The van der Waals surface area contributed by atoms with E-state index in [0.717, 1.165) is 37.4 Å². The minimum Gasteiger partial charge on any atom is -0.493 e. The van der Waals surface area contributed by atoms with Crippen molar-refractivity contribution in [3.05, 3.63) is 29.8 Å². The van der Waals surface area contributed by atoms with E-state index in [1.807, 2.05) is 30.1 Å². The molecule has 0 aromatic heterocycles. The van der Waals surface area contributed by atoms with Gasteiger partial charge in [-0.15, -0.1) is 0 Å². The molecule has 1 amide bonds. The van der Waals surface area contributed by atoms with E-state index in [2.05, 4.69) is 31.7 Å². The van der Waals surface area contributed by atoms with Crippen LogP contribution in [0.15, 0.2) is 24.3 Å². The van der Waals surface area contributed by atoms with Crippen LogP contribution in [-0.2, 0) is 4.79 Å². The molecule has 1 aromatic rings. The van der Waals surface area contributed by atoms with Gasteiger partial charge in [0.15, 0.2) is 0 Å². The number of para-hydroxylation sites is 1. The summed E-state index contributed by atoms with van der Waals surface area (Å²) in [6.07, 6.45) is 2.15. The van der Waals surface area contributed by atoms with Crippen LogP contribution in [0.4, 0.5) is 0 Å². The predicted octanol–water partition coefficient (Wildman–Crippen LogP) is 3.20. The largest absolute Gasteiger partial charge is 0.493 e. The van der Waals surface area contributed by atoms with Gasteiger partial charge in [0.05, 0.1) is 13.2 Å². The Morgan fingerprint density at radius 1 is 1.25 bits per heavy atom. The maximum atomic E-state index is 12.5. The van der Waals surface area contributed by atoms with E-state index >= 15 is 0 Å². The molecule has 1 heterocycles. The van der Waals surface area contributed by atoms with Gasteiger partial charge in [0.25, 0.3) is 0 Å². The highest BCUT2D eigenvalue weighted by atomic mass is 16.5. The van der Waals surface area contributed by atoms with Crippen LogP contribution in [0.25, 0.3) is 0 Å². The zero-order valence-electron chi connectivity index (χ0n) is 15.6. The molecule has 134 valence electrons. The normalized spacial score (nSPS) is 21.1. The van der Waals surface area contributed by atoms with E-state index < -0.39 is 0 Å². The number of hydrogen-bond donors (Lipinski definition) is 0. The van der Waals surface area contributed by atoms with E-state index in [1.165, 1.54) is 6.42 Å². The number of carbonyl (C=O) groups excluding carboxylic acids is 1. The average molecular weight is 332 g/mol. The molecule has 24 heavy (non-hydrogen) atoms. The van der Waals surface area contributed by atoms with Crippen molar-refractivity contribution in [2.45, 2.75) is 33.6 Å². The molecule has 2 unspecified atom stereocenters. The summed E-state index contributed by atoms with van der Waals surface area (Å²) in [6.45, 7) is 10.4. The van der Waals surface area contributed by atoms with Gasteiger partial charge in [-0.05, 0) is 50.3 Å². The fourth-order valence-electron chi connectivity index (χ4n) is 3.51. The number of likely N-dealkylation sites (tertiary alicyclic amines) is 1. The summed E-state index contributed by atoms with van der Waals surface area (Å²) in [7, 11) is 2.02. The number of carbonyl (C=O) groups is 1. The van der Waals surface area contributed by atoms with Crippen molar-refractivity contribution in [1.29, 1.82) is 0 Å². The second kappa shape index (κ2) is 9.07. The van der Waals surface area contributed by atoms with Crippen LogP contribution < -0.4 is 4.74 Å². The van der Waals surface area contributed by atoms with E-state index in [0.29, 0.717) is 25.0 Å². The minimum absolute atomic E-state index is 0.260. The summed E-state index contributed by atoms with van der Waals surface area (Å²) in [4.78, 5) is 16.6. The Hall–Kier alpha value is -1.55. The number of nitrogens with zero attached hydrogens (tertiary/aromatic N) is 2. The van der Waals surface area contributed by atoms with Gasteiger partial charge in [0, 0.05) is 19.6 Å². The SMILES string of the molecule is Cc1ccccc1OCCCN(C)CC(=O)N1CC(C)CC(C)C1. The lowest BCUT2D eigenvalue weighted by Crippen LogP contribution is -2.46. The molecule has 0 spiro atoms. The fraction of sp³-hybridized carbons (Fsp3) is 0.650. The van der Waals surface area contributed by atoms with Crippen LogP contribution in [0.2, 0.25) is 0 Å². The molecule has 0 bridgehead atoms. The molecule has 1 fully saturated rings. The van der Waals surface area contributed by atoms with Gasteiger partial charge in [0.2, 0.25) is 5.91 Å². The molecular formula is C20H32N2O2. The highest BCUT2D eigenvalue weighted by Gasteiger charge is 2.25. The second-order valence-corrected chi connectivity index (χ2v) is 7.45. The molecule has 1 aliphatic heterocycles. The Labute approximate surface area is 146 Å². The third-order valence-corrected chi connectivity index (χ3v) is 4.66. The smallest absolute Gasteiger partial charge is 0.236 e. The lowest BCUT2D eigenvalue weighted by Gasteiger charge is -2.35. The Morgan fingerprint density at radius 2 is 1.92 bits per heavy atom. The lowest BCUT2D eigenvalue weighted by molar-refractivity contribution is -0.134. The number of amides is 1. The zero-order chi connectivity index (χ0) is 17.5. The number of hydrogen-bond acceptors (Lipinski definition) is 3. The number of benzene rings is 1. The Kier molecular flexibility index (Phi) is 7.10. The van der Waals surface area contributed by atoms with Crippen molar-refractivity contribution in [1.82, 2.24) is 9.80 Å². The molecule has 0 saturated carbocycles. The van der Waals surface area contributed by atoms with Crippen LogP contribution >= 0.6 is 0 Å². The Balaban J connectivity index is 1.66. The number of rotatable bonds is 7. The van der Waals surface area contributed by atoms with Crippen molar-refractivity contribution in [2.24, 2.45) is 11.8 Å². The fourth-order valence-corrected chi connectivity index (χ4v) is 3.51. The first kappa shape index (κ1) is 18.8. The van der Waals surface area contributed by atoms with Crippen LogP contribution in [0.5, 0.6) is 5.75 Å². The molecule has 0 aliphatic carbocycles. The standard InChI is InChI=1S/C20H32N2O2/c1-16-12-17(2)14-22(13-16)20(23)15-21(4)10-7-11-24-19-9-6-5-8-18(19)3/h5-6,8-9,16-17H,7,10-15H2,1-4H3. The predicted molar refractivity (Wildman–Crippen MR) is 98.3 cm³/mol. The topological polar surface area (TPSA) is 32.8 Å². The first-order valence-electron chi connectivity index (χ1n) is 9.10. The summed E-state index contributed by atoms with van der Waals surface area (Å²) in [5.74, 6) is 2.44. The van der Waals surface area contributed by atoms with Crippen molar-refractivity contribution >= 4 is 5.91 Å². The summed E-state index contributed by atoms with van der Waals surface area (Å²) in [6, 6.07) is 8.07. The third kappa shape index (κ3) is 5.82. The van der Waals surface area contributed by atoms with Crippen molar-refractivity contribution in [3.8, 4) is 5.75 Å². The van der Waals surface area contributed by atoms with Crippen molar-refractivity contribution in [3.63, 3.8) is 0 Å². The van der Waals surface area contributed by atoms with Crippen molar-refractivity contribution in [2.75, 3.05) is 39.8 Å². The molecule has 1 saturated heterocycles. The molecule has 0 radical (unpaired) electrons. The molecule has 1 aliphatic rings. The Morgan fingerprint density at radius 3 is 2.58 bits per heavy atom. The van der Waals surface area contributed by atoms with Crippen LogP contribution in [0, 0.1) is 18.8 Å². The van der Waals surface area contributed by atoms with Crippen molar-refractivity contribution < 1.29 is 9.53 Å². The quantitative estimate of drug-likeness (QED) is 0.719. The van der Waals surface area contributed by atoms with Gasteiger partial charge in [-0.1, -0.05) is 32.0 Å². The first-order chi connectivity index (χ1) is 11.5. The summed E-state index contributed by atoms with van der Waals surface area (Å²) in [5.41, 5.74) is 1.16. The molecule has 2 rings (SSSR count). The van der Waals surface area contributed by atoms with E-state index in [4.69, 9.17) is 4.74 Å². The van der Waals surface area contributed by atoms with E-state index in [-0.39, 0.29) is 5.91 Å². The van der Waals surface area contributed by atoms with Gasteiger partial charge < -0.3 is 9.64 Å². The monoisotopic (exact) mass is 332 g/mol. The molecule has 0 N–H and O–H groups in total. The summed E-state index contributed by atoms with van der Waals surface area (Å²) >= 11 is 0. The minimum atomic E-state index is 0.260. The highest BCUT2D eigenvalue weighted by molar-refractivity contribution is 5.78. The number of piperidine rings is 1. The summed E-state index contributed by atoms with van der Waals surface area (Å²) in [5, 5.41) is 0. The molecule has 1 aromatic carbocycles. The van der Waals surface area contributed by atoms with Gasteiger partial charge >= 0.3 is 0 Å². The zero-order valence-corrected chi connectivity index (χ0v) is 15.6. The number of likely N-dealkylation sites (N-methyl/N-ethyl adjacent to an activating group) is 1. The third-order valence-electron chi connectivity index (χ3n) is 4.66. The summed E-state index contributed by atoms with van der Waals surface area (Å²) < 4.78 is 5.81. The van der Waals surface area contributed by atoms with Gasteiger partial charge in [-0.3, -0.25) is 9.69 Å². The van der Waals surface area contributed by atoms with Crippen LogP contribution in [0.3, 0.4) is 0 Å².